The van der Waals surface area contributed by atoms with Gasteiger partial charge >= 0.3 is 0 Å². The minimum Gasteiger partial charge on any atom is -0.346 e. The summed E-state index contributed by atoms with van der Waals surface area (Å²) in [6.45, 7) is 3.21. The quantitative estimate of drug-likeness (QED) is 0.914. The van der Waals surface area contributed by atoms with E-state index in [1.807, 2.05) is 11.8 Å². The highest BCUT2D eigenvalue weighted by atomic mass is 32.1. The Morgan fingerprint density at radius 3 is 2.95 bits per heavy atom. The highest BCUT2D eigenvalue weighted by Gasteiger charge is 2.30. The third kappa shape index (κ3) is 2.46. The van der Waals surface area contributed by atoms with Crippen LogP contribution in [-0.2, 0) is 0 Å². The average molecular weight is 293 g/mol. The third-order valence-electron chi connectivity index (χ3n) is 3.02. The second-order valence-corrected chi connectivity index (χ2v) is 5.69. The Labute approximate surface area is 118 Å². The maximum Gasteiger partial charge on any atom is 0.254 e. The SMILES string of the molecule is Cc1nnc(N2CC(NC(=O)c3ccncc3F)C2)s1. The van der Waals surface area contributed by atoms with Crippen LogP contribution in [0.4, 0.5) is 9.52 Å². The highest BCUT2D eigenvalue weighted by Crippen LogP contribution is 2.24. The fraction of sp³-hybridized carbons (Fsp3) is 0.333. The van der Waals surface area contributed by atoms with E-state index in [1.165, 1.54) is 23.6 Å². The van der Waals surface area contributed by atoms with Gasteiger partial charge in [0.15, 0.2) is 5.82 Å². The zero-order valence-corrected chi connectivity index (χ0v) is 11.5. The first kappa shape index (κ1) is 12.9. The molecule has 0 aromatic carbocycles. The molecule has 0 atom stereocenters. The Kier molecular flexibility index (Phi) is 3.31. The number of aromatic nitrogens is 3. The van der Waals surface area contributed by atoms with Crippen molar-refractivity contribution in [1.29, 1.82) is 0 Å². The van der Waals surface area contributed by atoms with E-state index in [9.17, 15) is 9.18 Å². The minimum absolute atomic E-state index is 0.000675. The predicted octanol–water partition coefficient (Wildman–Crippen LogP) is 0.999. The third-order valence-corrected chi connectivity index (χ3v) is 3.92. The zero-order valence-electron chi connectivity index (χ0n) is 10.7. The largest absolute Gasteiger partial charge is 0.346 e. The van der Waals surface area contributed by atoms with E-state index in [4.69, 9.17) is 0 Å². The van der Waals surface area contributed by atoms with Gasteiger partial charge in [-0.3, -0.25) is 9.78 Å². The van der Waals surface area contributed by atoms with E-state index in [1.54, 1.807) is 0 Å². The first-order valence-electron chi connectivity index (χ1n) is 6.09. The van der Waals surface area contributed by atoms with Crippen molar-refractivity contribution in [2.75, 3.05) is 18.0 Å². The number of nitrogens with one attached hydrogen (secondary N) is 1. The van der Waals surface area contributed by atoms with Crippen molar-refractivity contribution >= 4 is 22.4 Å². The molecule has 6 nitrogen and oxygen atoms in total. The number of aryl methyl sites for hydroxylation is 1. The van der Waals surface area contributed by atoms with Gasteiger partial charge in [-0.15, -0.1) is 10.2 Å². The number of hydrogen-bond donors (Lipinski definition) is 1. The molecule has 0 spiro atoms. The smallest absolute Gasteiger partial charge is 0.254 e. The van der Waals surface area contributed by atoms with Crippen LogP contribution in [0.3, 0.4) is 0 Å². The van der Waals surface area contributed by atoms with Gasteiger partial charge in [-0.1, -0.05) is 11.3 Å². The van der Waals surface area contributed by atoms with Gasteiger partial charge in [-0.25, -0.2) is 4.39 Å². The fourth-order valence-corrected chi connectivity index (χ4v) is 2.67. The maximum atomic E-state index is 13.4. The molecular weight excluding hydrogens is 281 g/mol. The number of anilines is 1. The Bertz CT molecular complexity index is 640. The van der Waals surface area contributed by atoms with Gasteiger partial charge in [-0.05, 0) is 13.0 Å². The van der Waals surface area contributed by atoms with Crippen LogP contribution in [0.1, 0.15) is 15.4 Å². The minimum atomic E-state index is -0.610. The molecule has 1 aliphatic rings. The molecule has 0 bridgehead atoms. The van der Waals surface area contributed by atoms with E-state index in [2.05, 4.69) is 20.5 Å². The van der Waals surface area contributed by atoms with Crippen LogP contribution in [0.15, 0.2) is 18.5 Å². The molecule has 1 saturated heterocycles. The Morgan fingerprint density at radius 2 is 2.30 bits per heavy atom. The summed E-state index contributed by atoms with van der Waals surface area (Å²) in [5.74, 6) is -1.02. The Morgan fingerprint density at radius 1 is 1.50 bits per heavy atom. The summed E-state index contributed by atoms with van der Waals surface area (Å²) in [5.41, 5.74) is 0.0187. The van der Waals surface area contributed by atoms with Crippen molar-refractivity contribution in [1.82, 2.24) is 20.5 Å². The normalized spacial score (nSPS) is 15.0. The van der Waals surface area contributed by atoms with Gasteiger partial charge in [0.25, 0.3) is 5.91 Å². The van der Waals surface area contributed by atoms with Crippen LogP contribution < -0.4 is 10.2 Å². The zero-order chi connectivity index (χ0) is 14.1. The van der Waals surface area contributed by atoms with Gasteiger partial charge in [0.1, 0.15) is 5.01 Å². The van der Waals surface area contributed by atoms with Crippen LogP contribution in [0, 0.1) is 12.7 Å². The van der Waals surface area contributed by atoms with E-state index >= 15 is 0 Å². The Balaban J connectivity index is 1.56. The van der Waals surface area contributed by atoms with Gasteiger partial charge in [0.2, 0.25) is 5.13 Å². The second-order valence-electron chi connectivity index (χ2n) is 4.53. The monoisotopic (exact) mass is 293 g/mol. The lowest BCUT2D eigenvalue weighted by Gasteiger charge is -2.39. The standard InChI is InChI=1S/C12H12FN5OS/c1-7-16-17-12(20-7)18-5-8(6-18)15-11(19)9-2-3-14-4-10(9)13/h2-4,8H,5-6H2,1H3,(H,15,19). The lowest BCUT2D eigenvalue weighted by atomic mass is 10.1. The molecule has 0 radical (unpaired) electrons. The molecule has 0 aliphatic carbocycles. The van der Waals surface area contributed by atoms with Gasteiger partial charge in [0.05, 0.1) is 17.8 Å². The molecule has 0 saturated carbocycles. The number of amides is 1. The van der Waals surface area contributed by atoms with Crippen molar-refractivity contribution in [3.63, 3.8) is 0 Å². The Hall–Kier alpha value is -2.09. The molecule has 104 valence electrons. The number of rotatable bonds is 3. The molecule has 2 aromatic rings. The number of nitrogens with zero attached hydrogens (tertiary/aromatic N) is 4. The van der Waals surface area contributed by atoms with Crippen LogP contribution >= 0.6 is 11.3 Å². The second kappa shape index (κ2) is 5.12. The van der Waals surface area contributed by atoms with Crippen molar-refractivity contribution in [2.45, 2.75) is 13.0 Å². The molecule has 1 N–H and O–H groups in total. The molecule has 3 heterocycles. The predicted molar refractivity (Wildman–Crippen MR) is 72.3 cm³/mol. The molecule has 1 fully saturated rings. The van der Waals surface area contributed by atoms with Crippen molar-refractivity contribution in [3.8, 4) is 0 Å². The first-order valence-corrected chi connectivity index (χ1v) is 6.90. The number of carbonyl (C=O) groups excluding carboxylic acids is 1. The summed E-state index contributed by atoms with van der Waals surface area (Å²) in [6.07, 6.45) is 2.43. The van der Waals surface area contributed by atoms with Crippen LogP contribution in [-0.4, -0.2) is 40.2 Å². The lowest BCUT2D eigenvalue weighted by Crippen LogP contribution is -2.59. The number of pyridine rings is 1. The van der Waals surface area contributed by atoms with E-state index in [0.717, 1.165) is 16.3 Å². The number of halogens is 1. The molecule has 8 heteroatoms. The molecule has 3 rings (SSSR count). The van der Waals surface area contributed by atoms with E-state index in [0.29, 0.717) is 13.1 Å². The van der Waals surface area contributed by atoms with E-state index in [-0.39, 0.29) is 11.6 Å². The first-order chi connectivity index (χ1) is 9.63. The molecule has 0 unspecified atom stereocenters. The fourth-order valence-electron chi connectivity index (χ4n) is 1.96. The van der Waals surface area contributed by atoms with Crippen molar-refractivity contribution in [2.24, 2.45) is 0 Å². The summed E-state index contributed by atoms with van der Waals surface area (Å²) in [4.78, 5) is 17.5. The number of hydrogen-bond acceptors (Lipinski definition) is 6. The molecule has 1 aliphatic heterocycles. The van der Waals surface area contributed by atoms with Crippen LogP contribution in [0.5, 0.6) is 0 Å². The van der Waals surface area contributed by atoms with Crippen LogP contribution in [0.2, 0.25) is 0 Å². The molecule has 2 aromatic heterocycles. The molecule has 1 amide bonds. The van der Waals surface area contributed by atoms with Crippen molar-refractivity contribution in [3.05, 3.63) is 34.8 Å². The summed E-state index contributed by atoms with van der Waals surface area (Å²) in [5, 5.41) is 12.5. The lowest BCUT2D eigenvalue weighted by molar-refractivity contribution is 0.0926. The molecular formula is C12H12FN5OS. The van der Waals surface area contributed by atoms with Crippen LogP contribution in [0.25, 0.3) is 0 Å². The highest BCUT2D eigenvalue weighted by molar-refractivity contribution is 7.15. The number of carbonyl (C=O) groups is 1. The summed E-state index contributed by atoms with van der Waals surface area (Å²) < 4.78 is 13.4. The summed E-state index contributed by atoms with van der Waals surface area (Å²) >= 11 is 1.51. The topological polar surface area (TPSA) is 71.0 Å². The maximum absolute atomic E-state index is 13.4. The van der Waals surface area contributed by atoms with E-state index < -0.39 is 11.7 Å². The van der Waals surface area contributed by atoms with Gasteiger partial charge in [0, 0.05) is 19.3 Å². The summed E-state index contributed by atoms with van der Waals surface area (Å²) in [7, 11) is 0. The van der Waals surface area contributed by atoms with Crippen molar-refractivity contribution < 1.29 is 9.18 Å². The van der Waals surface area contributed by atoms with Gasteiger partial charge in [-0.2, -0.15) is 0 Å². The average Bonchev–Trinajstić information content (AvgIpc) is 2.80. The summed E-state index contributed by atoms with van der Waals surface area (Å²) in [6, 6.07) is 1.37. The molecule has 20 heavy (non-hydrogen) atoms. The van der Waals surface area contributed by atoms with Gasteiger partial charge < -0.3 is 10.2 Å².